The van der Waals surface area contributed by atoms with Gasteiger partial charge in [0, 0.05) is 15.7 Å². The lowest BCUT2D eigenvalue weighted by atomic mass is 10.2. The van der Waals surface area contributed by atoms with Crippen LogP contribution in [0.1, 0.15) is 5.56 Å². The van der Waals surface area contributed by atoms with Crippen LogP contribution in [0, 0.1) is 0 Å². The molecule has 90 valence electrons. The standard InChI is InChI=1S/C15H11BrClN/c16-13-5-9-15(10-6-13)18-11-1-2-12-3-7-14(17)8-4-12/h1-11H/b2-1+,18-11?. The number of aliphatic imine (C=N–C) groups is 1. The molecular weight excluding hydrogens is 310 g/mol. The van der Waals surface area contributed by atoms with E-state index in [1.54, 1.807) is 6.21 Å². The number of allylic oxidation sites excluding steroid dienone is 1. The number of nitrogens with zero attached hydrogens (tertiary/aromatic N) is 1. The van der Waals surface area contributed by atoms with Gasteiger partial charge in [0.1, 0.15) is 0 Å². The van der Waals surface area contributed by atoms with Crippen molar-refractivity contribution in [2.24, 2.45) is 4.99 Å². The van der Waals surface area contributed by atoms with Crippen LogP contribution < -0.4 is 0 Å². The van der Waals surface area contributed by atoms with E-state index in [4.69, 9.17) is 11.6 Å². The van der Waals surface area contributed by atoms with Gasteiger partial charge in [0.25, 0.3) is 0 Å². The van der Waals surface area contributed by atoms with Gasteiger partial charge in [-0.15, -0.1) is 0 Å². The molecule has 0 atom stereocenters. The Balaban J connectivity index is 1.98. The molecule has 3 heteroatoms. The topological polar surface area (TPSA) is 12.4 Å². The summed E-state index contributed by atoms with van der Waals surface area (Å²) in [6.07, 6.45) is 5.67. The first-order valence-corrected chi connectivity index (χ1v) is 6.63. The summed E-state index contributed by atoms with van der Waals surface area (Å²) < 4.78 is 1.05. The monoisotopic (exact) mass is 319 g/mol. The van der Waals surface area contributed by atoms with Gasteiger partial charge < -0.3 is 0 Å². The highest BCUT2D eigenvalue weighted by Gasteiger charge is 1.88. The number of hydrogen-bond acceptors (Lipinski definition) is 1. The summed E-state index contributed by atoms with van der Waals surface area (Å²) in [5.74, 6) is 0. The highest BCUT2D eigenvalue weighted by molar-refractivity contribution is 9.10. The van der Waals surface area contributed by atoms with E-state index in [0.717, 1.165) is 20.7 Å². The van der Waals surface area contributed by atoms with Crippen LogP contribution in [-0.4, -0.2) is 6.21 Å². The van der Waals surface area contributed by atoms with Crippen molar-refractivity contribution in [1.29, 1.82) is 0 Å². The maximum atomic E-state index is 5.81. The van der Waals surface area contributed by atoms with E-state index in [1.165, 1.54) is 0 Å². The van der Waals surface area contributed by atoms with E-state index in [-0.39, 0.29) is 0 Å². The van der Waals surface area contributed by atoms with E-state index in [0.29, 0.717) is 0 Å². The lowest BCUT2D eigenvalue weighted by Crippen LogP contribution is -1.71. The largest absolute Gasteiger partial charge is 0.257 e. The van der Waals surface area contributed by atoms with Gasteiger partial charge in [0.05, 0.1) is 5.69 Å². The normalized spacial score (nSPS) is 11.4. The SMILES string of the molecule is Clc1ccc(/C=C/C=Nc2ccc(Br)cc2)cc1. The third-order valence-corrected chi connectivity index (χ3v) is 3.08. The zero-order valence-electron chi connectivity index (χ0n) is 9.55. The Hall–Kier alpha value is -1.38. The second kappa shape index (κ2) is 6.53. The van der Waals surface area contributed by atoms with Crippen LogP contribution in [0.2, 0.25) is 5.02 Å². The van der Waals surface area contributed by atoms with Crippen LogP contribution >= 0.6 is 27.5 Å². The summed E-state index contributed by atoms with van der Waals surface area (Å²) in [7, 11) is 0. The first kappa shape index (κ1) is 13.1. The minimum Gasteiger partial charge on any atom is -0.257 e. The number of benzene rings is 2. The first-order chi connectivity index (χ1) is 8.74. The molecule has 0 heterocycles. The second-order valence-corrected chi connectivity index (χ2v) is 5.02. The molecule has 0 saturated heterocycles. The van der Waals surface area contributed by atoms with Crippen LogP contribution in [0.15, 0.2) is 64.1 Å². The van der Waals surface area contributed by atoms with Gasteiger partial charge >= 0.3 is 0 Å². The van der Waals surface area contributed by atoms with Crippen LogP contribution in [0.3, 0.4) is 0 Å². The molecule has 18 heavy (non-hydrogen) atoms. The van der Waals surface area contributed by atoms with Gasteiger partial charge in [-0.05, 0) is 48.0 Å². The predicted octanol–water partition coefficient (Wildman–Crippen LogP) is 5.52. The smallest absolute Gasteiger partial charge is 0.0630 e. The summed E-state index contributed by atoms with van der Waals surface area (Å²) in [6, 6.07) is 15.5. The number of rotatable bonds is 3. The third-order valence-electron chi connectivity index (χ3n) is 2.29. The maximum absolute atomic E-state index is 5.81. The summed E-state index contributed by atoms with van der Waals surface area (Å²) in [4.78, 5) is 4.32. The fourth-order valence-corrected chi connectivity index (χ4v) is 1.77. The van der Waals surface area contributed by atoms with Crippen LogP contribution in [0.25, 0.3) is 6.08 Å². The first-order valence-electron chi connectivity index (χ1n) is 5.46. The van der Waals surface area contributed by atoms with Crippen molar-refractivity contribution in [3.63, 3.8) is 0 Å². The van der Waals surface area contributed by atoms with Gasteiger partial charge in [-0.2, -0.15) is 0 Å². The van der Waals surface area contributed by atoms with Crippen molar-refractivity contribution in [3.8, 4) is 0 Å². The average Bonchev–Trinajstić information content (AvgIpc) is 2.39. The molecule has 1 nitrogen and oxygen atoms in total. The van der Waals surface area contributed by atoms with Gasteiger partial charge in [0.15, 0.2) is 0 Å². The molecule has 0 aliphatic rings. The van der Waals surface area contributed by atoms with E-state index < -0.39 is 0 Å². The van der Waals surface area contributed by atoms with E-state index in [1.807, 2.05) is 60.7 Å². The van der Waals surface area contributed by atoms with Crippen molar-refractivity contribution < 1.29 is 0 Å². The molecule has 0 aromatic heterocycles. The average molecular weight is 321 g/mol. The summed E-state index contributed by atoms with van der Waals surface area (Å²) >= 11 is 9.20. The molecular formula is C15H11BrClN. The Labute approximate surface area is 120 Å². The Bertz CT molecular complexity index is 503. The molecule has 0 radical (unpaired) electrons. The van der Waals surface area contributed by atoms with Crippen LogP contribution in [0.4, 0.5) is 5.69 Å². The Kier molecular flexibility index (Phi) is 4.73. The molecule has 0 aliphatic carbocycles. The predicted molar refractivity (Wildman–Crippen MR) is 82.8 cm³/mol. The van der Waals surface area contributed by atoms with Crippen molar-refractivity contribution in [2.75, 3.05) is 0 Å². The zero-order valence-corrected chi connectivity index (χ0v) is 11.9. The quantitative estimate of drug-likeness (QED) is 0.660. The molecule has 2 aromatic carbocycles. The molecule has 0 bridgehead atoms. The van der Waals surface area contributed by atoms with Gasteiger partial charge in [-0.25, -0.2) is 0 Å². The Morgan fingerprint density at radius 2 is 1.61 bits per heavy atom. The lowest BCUT2D eigenvalue weighted by molar-refractivity contribution is 1.52. The fraction of sp³-hybridized carbons (Fsp3) is 0. The molecule has 0 saturated carbocycles. The number of hydrogen-bond donors (Lipinski definition) is 0. The van der Waals surface area contributed by atoms with E-state index in [2.05, 4.69) is 20.9 Å². The fourth-order valence-electron chi connectivity index (χ4n) is 1.38. The highest BCUT2D eigenvalue weighted by Crippen LogP contribution is 2.16. The Morgan fingerprint density at radius 3 is 2.28 bits per heavy atom. The van der Waals surface area contributed by atoms with Gasteiger partial charge in [-0.3, -0.25) is 4.99 Å². The highest BCUT2D eigenvalue weighted by atomic mass is 79.9. The van der Waals surface area contributed by atoms with E-state index in [9.17, 15) is 0 Å². The minimum absolute atomic E-state index is 0.746. The molecule has 0 spiro atoms. The second-order valence-electron chi connectivity index (χ2n) is 3.67. The Morgan fingerprint density at radius 1 is 0.944 bits per heavy atom. The van der Waals surface area contributed by atoms with Crippen LogP contribution in [-0.2, 0) is 0 Å². The molecule has 0 unspecified atom stereocenters. The molecule has 0 N–H and O–H groups in total. The molecule has 0 amide bonds. The molecule has 0 fully saturated rings. The van der Waals surface area contributed by atoms with Crippen molar-refractivity contribution in [1.82, 2.24) is 0 Å². The van der Waals surface area contributed by atoms with Crippen molar-refractivity contribution >= 4 is 45.5 Å². The lowest BCUT2D eigenvalue weighted by Gasteiger charge is -1.93. The molecule has 0 aliphatic heterocycles. The van der Waals surface area contributed by atoms with E-state index >= 15 is 0 Å². The minimum atomic E-state index is 0.746. The summed E-state index contributed by atoms with van der Waals surface area (Å²) in [5, 5.41) is 0.746. The molecule has 2 aromatic rings. The number of halogens is 2. The zero-order chi connectivity index (χ0) is 12.8. The third kappa shape index (κ3) is 4.13. The maximum Gasteiger partial charge on any atom is 0.0630 e. The summed E-state index contributed by atoms with van der Waals surface area (Å²) in [6.45, 7) is 0. The molecule has 2 rings (SSSR count). The van der Waals surface area contributed by atoms with Crippen molar-refractivity contribution in [2.45, 2.75) is 0 Å². The van der Waals surface area contributed by atoms with Gasteiger partial charge in [0.2, 0.25) is 0 Å². The van der Waals surface area contributed by atoms with Gasteiger partial charge in [-0.1, -0.05) is 45.7 Å². The van der Waals surface area contributed by atoms with Crippen LogP contribution in [0.5, 0.6) is 0 Å². The van der Waals surface area contributed by atoms with Crippen molar-refractivity contribution in [3.05, 3.63) is 69.7 Å². The summed E-state index contributed by atoms with van der Waals surface area (Å²) in [5.41, 5.74) is 2.03.